The molecule has 1 saturated carbocycles. The van der Waals surface area contributed by atoms with E-state index in [0.29, 0.717) is 12.8 Å². The van der Waals surface area contributed by atoms with E-state index >= 15 is 0 Å². The van der Waals surface area contributed by atoms with Crippen molar-refractivity contribution in [1.29, 1.82) is 0 Å². The molecule has 3 fully saturated rings. The maximum atomic E-state index is 12.1. The van der Waals surface area contributed by atoms with Gasteiger partial charge in [-0.25, -0.2) is 14.8 Å². The van der Waals surface area contributed by atoms with E-state index in [0.717, 1.165) is 0 Å². The van der Waals surface area contributed by atoms with E-state index in [9.17, 15) is 14.4 Å². The Kier molecular flexibility index (Phi) is 2.50. The van der Waals surface area contributed by atoms with Crippen LogP contribution >= 0.6 is 0 Å². The number of aromatic amines is 1. The second-order valence-electron chi connectivity index (χ2n) is 4.94. The third-order valence-electron chi connectivity index (χ3n) is 3.89. The van der Waals surface area contributed by atoms with Gasteiger partial charge in [0, 0.05) is 12.1 Å². The van der Waals surface area contributed by atoms with Crippen LogP contribution in [-0.2, 0) is 15.1 Å². The summed E-state index contributed by atoms with van der Waals surface area (Å²) in [6.45, 7) is 5.13. The molecular formula is C12H13N5O3. The van der Waals surface area contributed by atoms with Gasteiger partial charge in [0.1, 0.15) is 5.54 Å². The van der Waals surface area contributed by atoms with Crippen molar-refractivity contribution < 1.29 is 9.59 Å². The molecular weight excluding hydrogens is 262 g/mol. The molecule has 20 heavy (non-hydrogen) atoms. The van der Waals surface area contributed by atoms with Gasteiger partial charge in [0.2, 0.25) is 5.91 Å². The van der Waals surface area contributed by atoms with Crippen LogP contribution < -0.4 is 11.0 Å². The number of amides is 2. The molecule has 1 aliphatic carbocycles. The first-order chi connectivity index (χ1) is 9.53. The number of aromatic nitrogens is 2. The maximum Gasteiger partial charge on any atom is 0.329 e. The maximum absolute atomic E-state index is 12.1. The Bertz CT molecular complexity index is 705. The summed E-state index contributed by atoms with van der Waals surface area (Å²) in [5.74, 6) is -0.500. The van der Waals surface area contributed by atoms with Crippen molar-refractivity contribution in [3.8, 4) is 0 Å². The molecule has 2 N–H and O–H groups in total. The normalized spacial score (nSPS) is 28.4. The van der Waals surface area contributed by atoms with Gasteiger partial charge in [-0.1, -0.05) is 0 Å². The van der Waals surface area contributed by atoms with Gasteiger partial charge in [0.15, 0.2) is 11.6 Å². The highest BCUT2D eigenvalue weighted by molar-refractivity contribution is 6.06. The van der Waals surface area contributed by atoms with Crippen molar-refractivity contribution in [2.24, 2.45) is 15.9 Å². The number of aliphatic imine (C=N–C) groups is 2. The van der Waals surface area contributed by atoms with Gasteiger partial charge in [-0.15, -0.1) is 0 Å². The number of imide groups is 1. The van der Waals surface area contributed by atoms with Gasteiger partial charge in [-0.3, -0.25) is 24.5 Å². The van der Waals surface area contributed by atoms with Gasteiger partial charge in [0.05, 0.1) is 0 Å². The molecule has 0 atom stereocenters. The number of imidazole rings is 1. The number of carbonyl (C=O) groups excluding carboxylic acids is 2. The summed E-state index contributed by atoms with van der Waals surface area (Å²) in [5.41, 5.74) is -1.53. The summed E-state index contributed by atoms with van der Waals surface area (Å²) in [7, 11) is 0. The number of hydrogen-bond acceptors (Lipinski definition) is 5. The van der Waals surface area contributed by atoms with E-state index in [-0.39, 0.29) is 23.5 Å². The first-order valence-electron chi connectivity index (χ1n) is 6.19. The van der Waals surface area contributed by atoms with Crippen molar-refractivity contribution in [3.63, 3.8) is 0 Å². The minimum absolute atomic E-state index is 0.219. The largest absolute Gasteiger partial charge is 0.329 e. The van der Waals surface area contributed by atoms with E-state index in [1.165, 1.54) is 10.8 Å². The first kappa shape index (κ1) is 12.5. The molecule has 8 heteroatoms. The number of nitrogens with one attached hydrogen (secondary N) is 2. The lowest BCUT2D eigenvalue weighted by molar-refractivity contribution is -0.156. The molecule has 1 aromatic heterocycles. The minimum Gasteiger partial charge on any atom is -0.294 e. The second-order valence-corrected chi connectivity index (χ2v) is 4.94. The van der Waals surface area contributed by atoms with Crippen LogP contribution in [0, 0.1) is 5.92 Å². The Balaban J connectivity index is 2.17. The van der Waals surface area contributed by atoms with E-state index in [1.54, 1.807) is 6.92 Å². The molecule has 3 heterocycles. The lowest BCUT2D eigenvalue weighted by Gasteiger charge is -2.49. The van der Waals surface area contributed by atoms with Crippen LogP contribution in [0.1, 0.15) is 19.8 Å². The highest BCUT2D eigenvalue weighted by Gasteiger charge is 2.60. The van der Waals surface area contributed by atoms with Crippen molar-refractivity contribution in [1.82, 2.24) is 14.9 Å². The topological polar surface area (TPSA) is 109 Å². The van der Waals surface area contributed by atoms with Crippen LogP contribution in [0.3, 0.4) is 0 Å². The third-order valence-corrected chi connectivity index (χ3v) is 3.89. The van der Waals surface area contributed by atoms with Crippen LogP contribution in [0.15, 0.2) is 14.8 Å². The molecule has 0 aromatic carbocycles. The van der Waals surface area contributed by atoms with E-state index in [4.69, 9.17) is 0 Å². The summed E-state index contributed by atoms with van der Waals surface area (Å²) in [6.07, 6.45) is 2.14. The number of nitrogens with zero attached hydrogens (tertiary/aromatic N) is 3. The zero-order chi connectivity index (χ0) is 14.5. The van der Waals surface area contributed by atoms with Gasteiger partial charge in [-0.05, 0) is 26.5 Å². The van der Waals surface area contributed by atoms with Crippen LogP contribution in [0.5, 0.6) is 0 Å². The van der Waals surface area contributed by atoms with Crippen molar-refractivity contribution in [3.05, 3.63) is 10.5 Å². The molecule has 104 valence electrons. The molecule has 0 spiro atoms. The Morgan fingerprint density at radius 1 is 1.40 bits per heavy atom. The second kappa shape index (κ2) is 3.99. The van der Waals surface area contributed by atoms with Gasteiger partial charge >= 0.3 is 5.69 Å². The number of piperidine rings is 2. The Morgan fingerprint density at radius 3 is 2.65 bits per heavy atom. The zero-order valence-electron chi connectivity index (χ0n) is 10.8. The summed E-state index contributed by atoms with van der Waals surface area (Å²) in [6, 6.07) is 0. The Hall–Kier alpha value is -2.51. The molecule has 3 aliphatic rings. The molecule has 2 aliphatic heterocycles. The van der Waals surface area contributed by atoms with Crippen molar-refractivity contribution in [2.45, 2.75) is 25.3 Å². The van der Waals surface area contributed by atoms with E-state index < -0.39 is 17.1 Å². The average Bonchev–Trinajstić information content (AvgIpc) is 2.64. The van der Waals surface area contributed by atoms with Gasteiger partial charge < -0.3 is 0 Å². The highest BCUT2D eigenvalue weighted by Crippen LogP contribution is 2.49. The molecule has 8 nitrogen and oxygen atoms in total. The molecule has 0 unspecified atom stereocenters. The van der Waals surface area contributed by atoms with Gasteiger partial charge in [0.25, 0.3) is 5.91 Å². The SMILES string of the molecule is C=Nc1c(/N=C\C)[nH]c(=O)n1C12CC(C1)C(=O)NC2=O. The molecule has 2 amide bonds. The molecule has 2 bridgehead atoms. The Morgan fingerprint density at radius 2 is 2.10 bits per heavy atom. The standard InChI is InChI=1S/C12H13N5O3/c1-3-14-7-8(13-2)17(11(20)15-7)12-4-6(5-12)9(18)16-10(12)19/h3,6H,2,4-5H2,1H3,(H,15,20)(H,16,18,19)/b14-3-. The molecule has 0 radical (unpaired) electrons. The number of rotatable bonds is 3. The highest BCUT2D eigenvalue weighted by atomic mass is 16.2. The summed E-state index contributed by atoms with van der Waals surface area (Å²) >= 11 is 0. The number of carbonyl (C=O) groups is 2. The molecule has 1 aromatic rings. The molecule has 4 rings (SSSR count). The zero-order valence-corrected chi connectivity index (χ0v) is 10.8. The lowest BCUT2D eigenvalue weighted by Crippen LogP contribution is -2.68. The quantitative estimate of drug-likeness (QED) is 0.598. The third kappa shape index (κ3) is 1.38. The molecule has 2 saturated heterocycles. The average molecular weight is 275 g/mol. The summed E-state index contributed by atoms with van der Waals surface area (Å²) < 4.78 is 1.26. The van der Waals surface area contributed by atoms with Crippen LogP contribution in [0.2, 0.25) is 0 Å². The van der Waals surface area contributed by atoms with E-state index in [1.807, 2.05) is 0 Å². The smallest absolute Gasteiger partial charge is 0.294 e. The van der Waals surface area contributed by atoms with E-state index in [2.05, 4.69) is 27.0 Å². The predicted octanol–water partition coefficient (Wildman–Crippen LogP) is -0.00760. The van der Waals surface area contributed by atoms with Crippen molar-refractivity contribution >= 4 is 36.4 Å². The number of fused-ring (bicyclic) bond motifs is 2. The minimum atomic E-state index is -1.05. The Labute approximate surface area is 113 Å². The lowest BCUT2D eigenvalue weighted by atomic mass is 9.64. The fraction of sp³-hybridized carbons (Fsp3) is 0.417. The fourth-order valence-corrected chi connectivity index (χ4v) is 2.92. The van der Waals surface area contributed by atoms with Crippen LogP contribution in [0.25, 0.3) is 0 Å². The van der Waals surface area contributed by atoms with Crippen molar-refractivity contribution in [2.75, 3.05) is 0 Å². The first-order valence-corrected chi connectivity index (χ1v) is 6.19. The fourth-order valence-electron chi connectivity index (χ4n) is 2.92. The number of H-pyrrole nitrogens is 1. The summed E-state index contributed by atoms with van der Waals surface area (Å²) in [5, 5.41) is 2.29. The van der Waals surface area contributed by atoms with Gasteiger partial charge in [-0.2, -0.15) is 0 Å². The monoisotopic (exact) mass is 275 g/mol. The van der Waals surface area contributed by atoms with Crippen LogP contribution in [-0.4, -0.2) is 34.3 Å². The number of hydrogen-bond donors (Lipinski definition) is 2. The predicted molar refractivity (Wildman–Crippen MR) is 71.9 cm³/mol. The van der Waals surface area contributed by atoms with Crippen LogP contribution in [0.4, 0.5) is 11.6 Å². The summed E-state index contributed by atoms with van der Waals surface area (Å²) in [4.78, 5) is 46.1.